The van der Waals surface area contributed by atoms with Gasteiger partial charge in [0.1, 0.15) is 0 Å². The smallest absolute Gasteiger partial charge is 0.340 e. The lowest BCUT2D eigenvalue weighted by molar-refractivity contribution is -0.119. The summed E-state index contributed by atoms with van der Waals surface area (Å²) in [5.41, 5.74) is 2.88. The molecule has 0 aliphatic carbocycles. The second kappa shape index (κ2) is 7.49. The number of hydrogen-bond donors (Lipinski definition) is 1. The molecule has 0 spiro atoms. The number of halogens is 2. The van der Waals surface area contributed by atoms with Crippen molar-refractivity contribution >= 4 is 40.8 Å². The van der Waals surface area contributed by atoms with Gasteiger partial charge in [-0.2, -0.15) is 0 Å². The van der Waals surface area contributed by atoms with E-state index < -0.39 is 18.5 Å². The zero-order chi connectivity index (χ0) is 17.0. The lowest BCUT2D eigenvalue weighted by atomic mass is 10.1. The van der Waals surface area contributed by atoms with Crippen LogP contribution >= 0.6 is 23.2 Å². The number of hydrogen-bond acceptors (Lipinski definition) is 3. The summed E-state index contributed by atoms with van der Waals surface area (Å²) in [6.07, 6.45) is 0. The molecular formula is C17H15Cl2NO3. The molecule has 2 aromatic rings. The molecule has 0 saturated carbocycles. The summed E-state index contributed by atoms with van der Waals surface area (Å²) < 4.78 is 4.97. The van der Waals surface area contributed by atoms with Crippen molar-refractivity contribution in [1.29, 1.82) is 0 Å². The van der Waals surface area contributed by atoms with Crippen molar-refractivity contribution in [2.45, 2.75) is 13.8 Å². The molecule has 0 aliphatic rings. The fraction of sp³-hybridized carbons (Fsp3) is 0.176. The van der Waals surface area contributed by atoms with Crippen LogP contribution in [0.5, 0.6) is 0 Å². The first kappa shape index (κ1) is 17.3. The van der Waals surface area contributed by atoms with Gasteiger partial charge in [0, 0.05) is 10.7 Å². The minimum absolute atomic E-state index is 0.162. The first-order chi connectivity index (χ1) is 10.9. The molecule has 120 valence electrons. The number of carbonyl (C=O) groups excluding carboxylic acids is 2. The molecule has 0 fully saturated rings. The normalized spacial score (nSPS) is 10.3. The average Bonchev–Trinajstić information content (AvgIpc) is 2.48. The molecule has 0 saturated heterocycles. The Morgan fingerprint density at radius 3 is 2.48 bits per heavy atom. The number of anilines is 1. The van der Waals surface area contributed by atoms with Gasteiger partial charge in [-0.25, -0.2) is 4.79 Å². The third-order valence-corrected chi connectivity index (χ3v) is 3.69. The van der Waals surface area contributed by atoms with Gasteiger partial charge < -0.3 is 10.1 Å². The van der Waals surface area contributed by atoms with Crippen molar-refractivity contribution in [3.63, 3.8) is 0 Å². The second-order valence-electron chi connectivity index (χ2n) is 5.07. The Morgan fingerprint density at radius 1 is 1.09 bits per heavy atom. The van der Waals surface area contributed by atoms with Crippen molar-refractivity contribution in [3.05, 3.63) is 63.1 Å². The summed E-state index contributed by atoms with van der Waals surface area (Å²) in [6.45, 7) is 3.46. The SMILES string of the molecule is Cc1ccc(NC(=O)COC(=O)c2ccc(Cl)cc2Cl)c(C)c1. The molecule has 1 amide bonds. The quantitative estimate of drug-likeness (QED) is 0.830. The van der Waals surface area contributed by atoms with Crippen molar-refractivity contribution < 1.29 is 14.3 Å². The van der Waals surface area contributed by atoms with Crippen LogP contribution < -0.4 is 5.32 Å². The Hall–Kier alpha value is -2.04. The summed E-state index contributed by atoms with van der Waals surface area (Å²) >= 11 is 11.7. The Bertz CT molecular complexity index is 759. The summed E-state index contributed by atoms with van der Waals surface area (Å²) in [4.78, 5) is 23.8. The molecule has 0 heterocycles. The van der Waals surface area contributed by atoms with E-state index in [1.807, 2.05) is 26.0 Å². The molecule has 1 N–H and O–H groups in total. The second-order valence-corrected chi connectivity index (χ2v) is 5.91. The highest BCUT2D eigenvalue weighted by molar-refractivity contribution is 6.36. The van der Waals surface area contributed by atoms with Gasteiger partial charge in [0.2, 0.25) is 0 Å². The molecule has 0 unspecified atom stereocenters. The predicted octanol–water partition coefficient (Wildman–Crippen LogP) is 4.41. The number of nitrogens with one attached hydrogen (secondary N) is 1. The first-order valence-electron chi connectivity index (χ1n) is 6.86. The fourth-order valence-electron chi connectivity index (χ4n) is 2.00. The van der Waals surface area contributed by atoms with Crippen LogP contribution in [0.4, 0.5) is 5.69 Å². The highest BCUT2D eigenvalue weighted by Gasteiger charge is 2.14. The number of amides is 1. The fourth-order valence-corrected chi connectivity index (χ4v) is 2.49. The van der Waals surface area contributed by atoms with Crippen LogP contribution in [0.25, 0.3) is 0 Å². The van der Waals surface area contributed by atoms with Gasteiger partial charge in [-0.3, -0.25) is 4.79 Å². The maximum absolute atomic E-state index is 11.9. The summed E-state index contributed by atoms with van der Waals surface area (Å²) in [5, 5.41) is 3.29. The zero-order valence-electron chi connectivity index (χ0n) is 12.7. The van der Waals surface area contributed by atoms with E-state index in [9.17, 15) is 9.59 Å². The molecule has 0 bridgehead atoms. The molecule has 0 aliphatic heterocycles. The van der Waals surface area contributed by atoms with Gasteiger partial charge in [0.25, 0.3) is 5.91 Å². The Labute approximate surface area is 144 Å². The summed E-state index contributed by atoms with van der Waals surface area (Å²) in [5.74, 6) is -1.10. The van der Waals surface area contributed by atoms with Crippen molar-refractivity contribution in [3.8, 4) is 0 Å². The van der Waals surface area contributed by atoms with E-state index in [0.717, 1.165) is 11.1 Å². The zero-order valence-corrected chi connectivity index (χ0v) is 14.2. The van der Waals surface area contributed by atoms with Gasteiger partial charge in [-0.15, -0.1) is 0 Å². The van der Waals surface area contributed by atoms with Crippen LogP contribution in [0, 0.1) is 13.8 Å². The van der Waals surface area contributed by atoms with E-state index in [2.05, 4.69) is 5.32 Å². The molecular weight excluding hydrogens is 337 g/mol. The molecule has 2 aromatic carbocycles. The van der Waals surface area contributed by atoms with Crippen LogP contribution in [-0.4, -0.2) is 18.5 Å². The van der Waals surface area contributed by atoms with E-state index in [0.29, 0.717) is 10.7 Å². The van der Waals surface area contributed by atoms with E-state index in [1.165, 1.54) is 18.2 Å². The lowest BCUT2D eigenvalue weighted by Crippen LogP contribution is -2.21. The van der Waals surface area contributed by atoms with E-state index in [-0.39, 0.29) is 10.6 Å². The molecule has 0 radical (unpaired) electrons. The lowest BCUT2D eigenvalue weighted by Gasteiger charge is -2.10. The largest absolute Gasteiger partial charge is 0.452 e. The van der Waals surface area contributed by atoms with Crippen molar-refractivity contribution in [2.24, 2.45) is 0 Å². The molecule has 0 atom stereocenters. The molecule has 23 heavy (non-hydrogen) atoms. The predicted molar refractivity (Wildman–Crippen MR) is 91.3 cm³/mol. The van der Waals surface area contributed by atoms with E-state index >= 15 is 0 Å². The number of benzene rings is 2. The van der Waals surface area contributed by atoms with Crippen LogP contribution in [0.1, 0.15) is 21.5 Å². The molecule has 2 rings (SSSR count). The summed E-state index contributed by atoms with van der Waals surface area (Å²) in [6, 6.07) is 10.1. The van der Waals surface area contributed by atoms with Crippen LogP contribution in [0.3, 0.4) is 0 Å². The third kappa shape index (κ3) is 4.71. The Kier molecular flexibility index (Phi) is 5.64. The highest BCUT2D eigenvalue weighted by Crippen LogP contribution is 2.21. The summed E-state index contributed by atoms with van der Waals surface area (Å²) in [7, 11) is 0. The minimum Gasteiger partial charge on any atom is -0.452 e. The number of carbonyl (C=O) groups is 2. The monoisotopic (exact) mass is 351 g/mol. The maximum atomic E-state index is 11.9. The topological polar surface area (TPSA) is 55.4 Å². The third-order valence-electron chi connectivity index (χ3n) is 3.14. The number of rotatable bonds is 4. The number of esters is 1. The van der Waals surface area contributed by atoms with Gasteiger partial charge in [0.05, 0.1) is 10.6 Å². The van der Waals surface area contributed by atoms with Gasteiger partial charge in [-0.05, 0) is 43.7 Å². The van der Waals surface area contributed by atoms with E-state index in [1.54, 1.807) is 6.07 Å². The maximum Gasteiger partial charge on any atom is 0.340 e. The minimum atomic E-state index is -0.678. The standard InChI is InChI=1S/C17H15Cl2NO3/c1-10-3-6-15(11(2)7-10)20-16(21)9-23-17(22)13-5-4-12(18)8-14(13)19/h3-8H,9H2,1-2H3,(H,20,21). The number of aryl methyl sites for hydroxylation is 2. The van der Waals surface area contributed by atoms with Crippen LogP contribution in [-0.2, 0) is 9.53 Å². The van der Waals surface area contributed by atoms with Crippen molar-refractivity contribution in [1.82, 2.24) is 0 Å². The average molecular weight is 352 g/mol. The Morgan fingerprint density at radius 2 is 1.83 bits per heavy atom. The molecule has 6 heteroatoms. The van der Waals surface area contributed by atoms with E-state index in [4.69, 9.17) is 27.9 Å². The van der Waals surface area contributed by atoms with Gasteiger partial charge in [-0.1, -0.05) is 40.9 Å². The molecule has 0 aromatic heterocycles. The van der Waals surface area contributed by atoms with Crippen LogP contribution in [0.2, 0.25) is 10.0 Å². The number of ether oxygens (including phenoxy) is 1. The Balaban J connectivity index is 1.94. The van der Waals surface area contributed by atoms with Crippen LogP contribution in [0.15, 0.2) is 36.4 Å². The first-order valence-corrected chi connectivity index (χ1v) is 7.61. The van der Waals surface area contributed by atoms with Gasteiger partial charge >= 0.3 is 5.97 Å². The highest BCUT2D eigenvalue weighted by atomic mass is 35.5. The van der Waals surface area contributed by atoms with Crippen molar-refractivity contribution in [2.75, 3.05) is 11.9 Å². The molecule has 4 nitrogen and oxygen atoms in total. The van der Waals surface area contributed by atoms with Gasteiger partial charge in [0.15, 0.2) is 6.61 Å².